The number of benzene rings is 3. The Balaban J connectivity index is 1.49. The highest BCUT2D eigenvalue weighted by molar-refractivity contribution is 14.1. The van der Waals surface area contributed by atoms with E-state index in [0.29, 0.717) is 26.3 Å². The van der Waals surface area contributed by atoms with Gasteiger partial charge in [0.25, 0.3) is 11.1 Å². The smallest absolute Gasteiger partial charge is 0.343 e. The van der Waals surface area contributed by atoms with Crippen LogP contribution in [0.4, 0.5) is 10.5 Å². The highest BCUT2D eigenvalue weighted by Crippen LogP contribution is 2.37. The predicted molar refractivity (Wildman–Crippen MR) is 148 cm³/mol. The molecule has 0 radical (unpaired) electrons. The van der Waals surface area contributed by atoms with Crippen LogP contribution in [-0.4, -0.2) is 55.3 Å². The normalized spacial score (nSPS) is 14.2. The predicted octanol–water partition coefficient (Wildman–Crippen LogP) is 4.68. The van der Waals surface area contributed by atoms with Crippen molar-refractivity contribution in [3.8, 4) is 11.5 Å². The number of nitrogens with zero attached hydrogens (tertiary/aromatic N) is 1. The van der Waals surface area contributed by atoms with Gasteiger partial charge in [-0.1, -0.05) is 36.4 Å². The molecule has 4 rings (SSSR count). The molecule has 0 spiro atoms. The van der Waals surface area contributed by atoms with Crippen LogP contribution in [-0.2, 0) is 19.1 Å². The standard InChI is InChI=1S/C26H21IN2O7S/c1-34-20-11-15(10-18(27)24(20)36-14-23(31)35-2)12-21-25(32)29(26(33)37-21)13-22(30)28-19-9-5-7-16-6-3-4-8-17(16)19/h3-12H,13-14H2,1-2H3,(H,28,30)/b21-12-. The number of amides is 3. The van der Waals surface area contributed by atoms with Crippen LogP contribution >= 0.6 is 34.4 Å². The van der Waals surface area contributed by atoms with Gasteiger partial charge in [0.1, 0.15) is 6.54 Å². The Hall–Kier alpha value is -3.58. The molecule has 3 aromatic rings. The summed E-state index contributed by atoms with van der Waals surface area (Å²) in [7, 11) is 2.71. The molecule has 0 aromatic heterocycles. The Kier molecular flexibility index (Phi) is 8.34. The second-order valence-corrected chi connectivity index (χ2v) is 9.90. The molecular formula is C26H21IN2O7S. The molecule has 190 valence electrons. The molecule has 3 aromatic carbocycles. The van der Waals surface area contributed by atoms with Crippen molar-refractivity contribution in [2.75, 3.05) is 32.7 Å². The topological polar surface area (TPSA) is 111 Å². The number of hydrogen-bond donors (Lipinski definition) is 1. The minimum Gasteiger partial charge on any atom is -0.493 e. The van der Waals surface area contributed by atoms with Crippen LogP contribution in [0.5, 0.6) is 11.5 Å². The van der Waals surface area contributed by atoms with Crippen LogP contribution in [0.2, 0.25) is 0 Å². The lowest BCUT2D eigenvalue weighted by Crippen LogP contribution is -2.36. The summed E-state index contributed by atoms with van der Waals surface area (Å²) in [5.74, 6) is -0.897. The molecule has 1 aliphatic rings. The van der Waals surface area contributed by atoms with Crippen LogP contribution in [0.1, 0.15) is 5.56 Å². The average molecular weight is 632 g/mol. The monoisotopic (exact) mass is 632 g/mol. The van der Waals surface area contributed by atoms with Gasteiger partial charge in [0.15, 0.2) is 18.1 Å². The summed E-state index contributed by atoms with van der Waals surface area (Å²) in [4.78, 5) is 50.7. The van der Waals surface area contributed by atoms with Crippen molar-refractivity contribution in [2.45, 2.75) is 0 Å². The van der Waals surface area contributed by atoms with Gasteiger partial charge < -0.3 is 19.5 Å². The van der Waals surface area contributed by atoms with Gasteiger partial charge in [-0.15, -0.1) is 0 Å². The molecule has 1 heterocycles. The fourth-order valence-corrected chi connectivity index (χ4v) is 5.23. The average Bonchev–Trinajstić information content (AvgIpc) is 3.14. The summed E-state index contributed by atoms with van der Waals surface area (Å²) < 4.78 is 16.1. The maximum atomic E-state index is 13.0. The van der Waals surface area contributed by atoms with Gasteiger partial charge in [-0.25, -0.2) is 4.79 Å². The highest BCUT2D eigenvalue weighted by atomic mass is 127. The Labute approximate surface area is 230 Å². The van der Waals surface area contributed by atoms with E-state index >= 15 is 0 Å². The van der Waals surface area contributed by atoms with Crippen molar-refractivity contribution in [3.05, 3.63) is 68.6 Å². The summed E-state index contributed by atoms with van der Waals surface area (Å²) >= 11 is 2.77. The van der Waals surface area contributed by atoms with Gasteiger partial charge in [-0.3, -0.25) is 19.3 Å². The molecule has 1 aliphatic heterocycles. The molecule has 3 amide bonds. The van der Waals surface area contributed by atoms with Crippen molar-refractivity contribution >= 4 is 79.9 Å². The number of esters is 1. The molecule has 11 heteroatoms. The lowest BCUT2D eigenvalue weighted by Gasteiger charge is -2.14. The summed E-state index contributed by atoms with van der Waals surface area (Å²) in [6, 6.07) is 16.4. The third-order valence-corrected chi connectivity index (χ3v) is 7.06. The number of halogens is 1. The van der Waals surface area contributed by atoms with Crippen LogP contribution in [0, 0.1) is 3.57 Å². The van der Waals surface area contributed by atoms with E-state index in [4.69, 9.17) is 9.47 Å². The van der Waals surface area contributed by atoms with E-state index in [1.54, 1.807) is 24.3 Å². The Bertz CT molecular complexity index is 1430. The number of carbonyl (C=O) groups is 4. The van der Waals surface area contributed by atoms with E-state index in [1.807, 2.05) is 59.0 Å². The molecule has 0 saturated carbocycles. The maximum Gasteiger partial charge on any atom is 0.343 e. The minimum atomic E-state index is -0.567. The molecule has 0 bridgehead atoms. The first-order valence-electron chi connectivity index (χ1n) is 10.9. The van der Waals surface area contributed by atoms with Crippen molar-refractivity contribution in [1.29, 1.82) is 0 Å². The van der Waals surface area contributed by atoms with Crippen LogP contribution in [0.15, 0.2) is 59.5 Å². The first-order valence-corrected chi connectivity index (χ1v) is 12.8. The minimum absolute atomic E-state index is 0.170. The van der Waals surface area contributed by atoms with Gasteiger partial charge in [-0.2, -0.15) is 0 Å². The van der Waals surface area contributed by atoms with Crippen molar-refractivity contribution < 1.29 is 33.4 Å². The van der Waals surface area contributed by atoms with Crippen LogP contribution < -0.4 is 14.8 Å². The Morgan fingerprint density at radius 2 is 1.84 bits per heavy atom. The quantitative estimate of drug-likeness (QED) is 0.217. The molecular weight excluding hydrogens is 611 g/mol. The van der Waals surface area contributed by atoms with E-state index in [0.717, 1.165) is 27.4 Å². The number of fused-ring (bicyclic) bond motifs is 1. The summed E-state index contributed by atoms with van der Waals surface area (Å²) in [5, 5.41) is 4.07. The number of rotatable bonds is 8. The number of methoxy groups -OCH3 is 2. The number of imide groups is 1. The zero-order valence-electron chi connectivity index (χ0n) is 19.8. The van der Waals surface area contributed by atoms with Gasteiger partial charge in [0.05, 0.1) is 22.7 Å². The number of nitrogens with one attached hydrogen (secondary N) is 1. The van der Waals surface area contributed by atoms with E-state index in [2.05, 4.69) is 10.1 Å². The van der Waals surface area contributed by atoms with E-state index in [-0.39, 0.29) is 11.5 Å². The largest absolute Gasteiger partial charge is 0.493 e. The number of hydrogen-bond acceptors (Lipinski definition) is 8. The summed E-state index contributed by atoms with van der Waals surface area (Å²) in [6.07, 6.45) is 1.54. The van der Waals surface area contributed by atoms with Gasteiger partial charge in [0, 0.05) is 11.1 Å². The lowest BCUT2D eigenvalue weighted by molar-refractivity contribution is -0.143. The third-order valence-electron chi connectivity index (χ3n) is 5.35. The van der Waals surface area contributed by atoms with E-state index in [9.17, 15) is 19.2 Å². The second kappa shape index (κ2) is 11.6. The summed E-state index contributed by atoms with van der Waals surface area (Å²) in [6.45, 7) is -0.700. The maximum absolute atomic E-state index is 13.0. The van der Waals surface area contributed by atoms with Crippen LogP contribution in [0.3, 0.4) is 0 Å². The fraction of sp³-hybridized carbons (Fsp3) is 0.154. The number of ether oxygens (including phenoxy) is 3. The highest BCUT2D eigenvalue weighted by Gasteiger charge is 2.36. The SMILES string of the molecule is COC(=O)COc1c(I)cc(/C=C2\SC(=O)N(CC(=O)Nc3cccc4ccccc34)C2=O)cc1OC. The Morgan fingerprint density at radius 1 is 1.08 bits per heavy atom. The number of thioether (sulfide) groups is 1. The molecule has 1 saturated heterocycles. The summed E-state index contributed by atoms with van der Waals surface area (Å²) in [5.41, 5.74) is 1.18. The van der Waals surface area contributed by atoms with Gasteiger partial charge in [-0.05, 0) is 69.6 Å². The number of carbonyl (C=O) groups excluding carboxylic acids is 4. The zero-order chi connectivity index (χ0) is 26.5. The molecule has 9 nitrogen and oxygen atoms in total. The third kappa shape index (κ3) is 6.05. The first kappa shape index (κ1) is 26.5. The zero-order valence-corrected chi connectivity index (χ0v) is 22.8. The van der Waals surface area contributed by atoms with Crippen molar-refractivity contribution in [3.63, 3.8) is 0 Å². The molecule has 1 fully saturated rings. The first-order chi connectivity index (χ1) is 17.8. The van der Waals surface area contributed by atoms with E-state index < -0.39 is 29.6 Å². The molecule has 0 unspecified atom stereocenters. The molecule has 1 N–H and O–H groups in total. The fourth-order valence-electron chi connectivity index (χ4n) is 3.61. The second-order valence-electron chi connectivity index (χ2n) is 7.74. The molecule has 37 heavy (non-hydrogen) atoms. The Morgan fingerprint density at radius 3 is 2.59 bits per heavy atom. The lowest BCUT2D eigenvalue weighted by atomic mass is 10.1. The van der Waals surface area contributed by atoms with Crippen molar-refractivity contribution in [1.82, 2.24) is 4.90 Å². The van der Waals surface area contributed by atoms with Gasteiger partial charge in [0.2, 0.25) is 5.91 Å². The van der Waals surface area contributed by atoms with Gasteiger partial charge >= 0.3 is 5.97 Å². The number of anilines is 1. The van der Waals surface area contributed by atoms with Crippen LogP contribution in [0.25, 0.3) is 16.8 Å². The van der Waals surface area contributed by atoms with E-state index in [1.165, 1.54) is 14.2 Å². The van der Waals surface area contributed by atoms with Crippen molar-refractivity contribution in [2.24, 2.45) is 0 Å². The molecule has 0 atom stereocenters. The molecule has 0 aliphatic carbocycles.